The van der Waals surface area contributed by atoms with Crippen LogP contribution in [0.5, 0.6) is 5.88 Å². The molecule has 0 amide bonds. The van der Waals surface area contributed by atoms with Crippen LogP contribution in [0.25, 0.3) is 10.9 Å². The summed E-state index contributed by atoms with van der Waals surface area (Å²) in [7, 11) is 1.56. The third kappa shape index (κ3) is 3.06. The highest BCUT2D eigenvalue weighted by molar-refractivity contribution is 5.88. The third-order valence-electron chi connectivity index (χ3n) is 3.37. The highest BCUT2D eigenvalue weighted by atomic mass is 16.5. The molecule has 0 aliphatic rings. The number of hydrogen-bond acceptors (Lipinski definition) is 3. The minimum atomic E-state index is 0.289. The van der Waals surface area contributed by atoms with E-state index in [0.29, 0.717) is 11.4 Å². The van der Waals surface area contributed by atoms with Crippen LogP contribution in [0.2, 0.25) is 0 Å². The van der Waals surface area contributed by atoms with Crippen LogP contribution in [0.1, 0.15) is 11.1 Å². The maximum atomic E-state index is 12.2. The molecule has 1 heterocycles. The molecule has 22 heavy (non-hydrogen) atoms. The molecule has 1 aromatic heterocycles. The highest BCUT2D eigenvalue weighted by Crippen LogP contribution is 2.20. The molecule has 3 rings (SSSR count). The molecule has 0 spiro atoms. The zero-order valence-corrected chi connectivity index (χ0v) is 12.3. The summed E-state index contributed by atoms with van der Waals surface area (Å²) in [6.45, 7) is 0.289. The van der Waals surface area contributed by atoms with Crippen molar-refractivity contribution < 1.29 is 9.48 Å². The Labute approximate surface area is 128 Å². The Morgan fingerprint density at radius 2 is 1.82 bits per heavy atom. The van der Waals surface area contributed by atoms with E-state index in [9.17, 15) is 5.21 Å². The van der Waals surface area contributed by atoms with Gasteiger partial charge in [0.25, 0.3) is 0 Å². The van der Waals surface area contributed by atoms with Gasteiger partial charge in [0.15, 0.2) is 12.8 Å². The Bertz CT molecular complexity index is 814. The number of para-hydroxylation sites is 1. The number of fused-ring (bicyclic) bond motifs is 1. The second-order valence-electron chi connectivity index (χ2n) is 4.97. The average Bonchev–Trinajstić information content (AvgIpc) is 2.55. The molecular formula is C18H16N2O2. The predicted molar refractivity (Wildman–Crippen MR) is 87.2 cm³/mol. The average molecular weight is 292 g/mol. The van der Waals surface area contributed by atoms with Gasteiger partial charge in [0, 0.05) is 10.9 Å². The zero-order valence-electron chi connectivity index (χ0n) is 12.3. The van der Waals surface area contributed by atoms with Crippen molar-refractivity contribution in [1.29, 1.82) is 0 Å². The standard InChI is InChI=1S/C18H16N2O2/c1-22-18-16(11-15-9-5-6-10-17(15)19-18)13-20(21)12-14-7-3-2-4-8-14/h2-11,13H,12H2,1H3/b20-13-. The van der Waals surface area contributed by atoms with Gasteiger partial charge in [0.2, 0.25) is 5.88 Å². The van der Waals surface area contributed by atoms with Gasteiger partial charge in [-0.25, -0.2) is 9.72 Å². The first-order valence-electron chi connectivity index (χ1n) is 7.02. The van der Waals surface area contributed by atoms with Gasteiger partial charge in [-0.3, -0.25) is 0 Å². The lowest BCUT2D eigenvalue weighted by molar-refractivity contribution is -0.469. The Balaban J connectivity index is 1.96. The number of methoxy groups -OCH3 is 1. The minimum absolute atomic E-state index is 0.289. The largest absolute Gasteiger partial charge is 0.624 e. The van der Waals surface area contributed by atoms with Gasteiger partial charge < -0.3 is 9.94 Å². The van der Waals surface area contributed by atoms with Gasteiger partial charge in [-0.1, -0.05) is 48.5 Å². The van der Waals surface area contributed by atoms with Crippen molar-refractivity contribution in [3.05, 3.63) is 77.0 Å². The Hall–Kier alpha value is -2.88. The first kappa shape index (κ1) is 14.1. The summed E-state index contributed by atoms with van der Waals surface area (Å²) in [4.78, 5) is 4.43. The van der Waals surface area contributed by atoms with Crippen molar-refractivity contribution >= 4 is 17.1 Å². The number of aromatic nitrogens is 1. The normalized spacial score (nSPS) is 11.6. The molecule has 2 aromatic carbocycles. The van der Waals surface area contributed by atoms with Crippen LogP contribution >= 0.6 is 0 Å². The van der Waals surface area contributed by atoms with Crippen LogP contribution in [0.15, 0.2) is 60.7 Å². The first-order chi connectivity index (χ1) is 10.8. The number of nitrogens with zero attached hydrogens (tertiary/aromatic N) is 2. The van der Waals surface area contributed by atoms with E-state index < -0.39 is 0 Å². The van der Waals surface area contributed by atoms with Gasteiger partial charge >= 0.3 is 0 Å². The van der Waals surface area contributed by atoms with Crippen molar-refractivity contribution in [1.82, 2.24) is 4.98 Å². The molecule has 0 radical (unpaired) electrons. The Morgan fingerprint density at radius 3 is 2.59 bits per heavy atom. The van der Waals surface area contributed by atoms with Gasteiger partial charge in [-0.05, 0) is 12.1 Å². The summed E-state index contributed by atoms with van der Waals surface area (Å²) in [6, 6.07) is 19.3. The summed E-state index contributed by atoms with van der Waals surface area (Å²) in [6.07, 6.45) is 1.52. The third-order valence-corrected chi connectivity index (χ3v) is 3.37. The molecule has 0 N–H and O–H groups in total. The maximum absolute atomic E-state index is 12.2. The van der Waals surface area contributed by atoms with Crippen LogP contribution in [0.4, 0.5) is 0 Å². The number of hydroxylamine groups is 1. The molecule has 3 aromatic rings. The molecule has 0 fully saturated rings. The molecule has 0 saturated carbocycles. The molecule has 0 bridgehead atoms. The van der Waals surface area contributed by atoms with Gasteiger partial charge in [0.1, 0.15) is 5.56 Å². The fourth-order valence-corrected chi connectivity index (χ4v) is 2.33. The number of rotatable bonds is 4. The van der Waals surface area contributed by atoms with Gasteiger partial charge in [-0.15, -0.1) is 0 Å². The fraction of sp³-hybridized carbons (Fsp3) is 0.111. The van der Waals surface area contributed by atoms with Gasteiger partial charge in [0.05, 0.1) is 12.6 Å². The second kappa shape index (κ2) is 6.26. The minimum Gasteiger partial charge on any atom is -0.624 e. The van der Waals surface area contributed by atoms with E-state index in [-0.39, 0.29) is 6.54 Å². The van der Waals surface area contributed by atoms with E-state index in [1.54, 1.807) is 7.11 Å². The van der Waals surface area contributed by atoms with Crippen molar-refractivity contribution in [2.75, 3.05) is 7.11 Å². The van der Waals surface area contributed by atoms with Gasteiger partial charge in [-0.2, -0.15) is 0 Å². The lowest BCUT2D eigenvalue weighted by Crippen LogP contribution is -2.07. The van der Waals surface area contributed by atoms with E-state index in [0.717, 1.165) is 21.2 Å². The van der Waals surface area contributed by atoms with Crippen LogP contribution in [-0.2, 0) is 6.54 Å². The second-order valence-corrected chi connectivity index (χ2v) is 4.97. The molecule has 110 valence electrons. The number of ether oxygens (including phenoxy) is 1. The number of benzene rings is 2. The Kier molecular flexibility index (Phi) is 4.01. The molecule has 0 saturated heterocycles. The van der Waals surface area contributed by atoms with Crippen molar-refractivity contribution in [2.45, 2.75) is 6.54 Å². The molecule has 4 heteroatoms. The summed E-state index contributed by atoms with van der Waals surface area (Å²) >= 11 is 0. The maximum Gasteiger partial charge on any atom is 0.227 e. The molecule has 4 nitrogen and oxygen atoms in total. The van der Waals surface area contributed by atoms with E-state index in [2.05, 4.69) is 4.98 Å². The Morgan fingerprint density at radius 1 is 1.09 bits per heavy atom. The fourth-order valence-electron chi connectivity index (χ4n) is 2.33. The molecule has 0 unspecified atom stereocenters. The lowest BCUT2D eigenvalue weighted by Gasteiger charge is -2.07. The number of hydrogen-bond donors (Lipinski definition) is 0. The number of pyridine rings is 1. The van der Waals surface area contributed by atoms with E-state index in [1.165, 1.54) is 6.21 Å². The molecular weight excluding hydrogens is 276 g/mol. The topological polar surface area (TPSA) is 48.2 Å². The summed E-state index contributed by atoms with van der Waals surface area (Å²) in [5, 5.41) is 13.1. The first-order valence-corrected chi connectivity index (χ1v) is 7.02. The lowest BCUT2D eigenvalue weighted by atomic mass is 10.1. The van der Waals surface area contributed by atoms with E-state index in [4.69, 9.17) is 4.74 Å². The highest BCUT2D eigenvalue weighted by Gasteiger charge is 2.09. The molecule has 0 atom stereocenters. The van der Waals surface area contributed by atoms with Crippen molar-refractivity contribution in [2.24, 2.45) is 0 Å². The van der Waals surface area contributed by atoms with Crippen LogP contribution in [-0.4, -0.2) is 23.0 Å². The van der Waals surface area contributed by atoms with Crippen LogP contribution in [0, 0.1) is 5.21 Å². The van der Waals surface area contributed by atoms with Crippen molar-refractivity contribution in [3.8, 4) is 5.88 Å². The summed E-state index contributed by atoms with van der Waals surface area (Å²) in [5.41, 5.74) is 2.48. The van der Waals surface area contributed by atoms with Crippen LogP contribution < -0.4 is 4.74 Å². The predicted octanol–water partition coefficient (Wildman–Crippen LogP) is 3.37. The quantitative estimate of drug-likeness (QED) is 0.320. The smallest absolute Gasteiger partial charge is 0.227 e. The zero-order chi connectivity index (χ0) is 15.4. The van der Waals surface area contributed by atoms with Crippen molar-refractivity contribution in [3.63, 3.8) is 0 Å². The summed E-state index contributed by atoms with van der Waals surface area (Å²) in [5.74, 6) is 0.451. The van der Waals surface area contributed by atoms with E-state index in [1.807, 2.05) is 60.7 Å². The SMILES string of the molecule is COc1nc2ccccc2cc1/C=[N+](\[O-])Cc1ccccc1. The van der Waals surface area contributed by atoms with Crippen LogP contribution in [0.3, 0.4) is 0 Å². The molecule has 0 aliphatic carbocycles. The monoisotopic (exact) mass is 292 g/mol. The van der Waals surface area contributed by atoms with E-state index >= 15 is 0 Å². The molecule has 0 aliphatic heterocycles. The summed E-state index contributed by atoms with van der Waals surface area (Å²) < 4.78 is 6.19.